The van der Waals surface area contributed by atoms with E-state index in [4.69, 9.17) is 0 Å². The van der Waals surface area contributed by atoms with E-state index < -0.39 is 0 Å². The summed E-state index contributed by atoms with van der Waals surface area (Å²) < 4.78 is 1.86. The van der Waals surface area contributed by atoms with Crippen LogP contribution in [0, 0.1) is 20.8 Å². The molecule has 4 aromatic rings. The molecular formula is C24H24N4O. The molecule has 0 radical (unpaired) electrons. The second kappa shape index (κ2) is 7.87. The topological polar surface area (TPSA) is 59.3 Å². The lowest BCUT2D eigenvalue weighted by molar-refractivity contribution is -0.116. The maximum atomic E-state index is 12.7. The van der Waals surface area contributed by atoms with Crippen LogP contribution in [0.5, 0.6) is 0 Å². The van der Waals surface area contributed by atoms with E-state index in [2.05, 4.69) is 15.4 Å². The molecule has 0 aliphatic carbocycles. The van der Waals surface area contributed by atoms with E-state index in [9.17, 15) is 4.79 Å². The fourth-order valence-electron chi connectivity index (χ4n) is 3.72. The number of nitrogens with one attached hydrogen (secondary N) is 1. The predicted octanol–water partition coefficient (Wildman–Crippen LogP) is 4.89. The minimum Gasteiger partial charge on any atom is -0.326 e. The van der Waals surface area contributed by atoms with Crippen LogP contribution < -0.4 is 5.32 Å². The first kappa shape index (κ1) is 18.9. The predicted molar refractivity (Wildman–Crippen MR) is 116 cm³/mol. The average molecular weight is 384 g/mol. The van der Waals surface area contributed by atoms with Crippen molar-refractivity contribution in [1.29, 1.82) is 0 Å². The normalized spacial score (nSPS) is 11.0. The molecule has 5 heteroatoms. The number of carbonyl (C=O) groups is 1. The Morgan fingerprint density at radius 2 is 1.72 bits per heavy atom. The van der Waals surface area contributed by atoms with Crippen LogP contribution in [0.2, 0.25) is 0 Å². The van der Waals surface area contributed by atoms with Crippen LogP contribution >= 0.6 is 0 Å². The van der Waals surface area contributed by atoms with E-state index in [0.717, 1.165) is 45.1 Å². The molecular weight excluding hydrogens is 360 g/mol. The van der Waals surface area contributed by atoms with Gasteiger partial charge in [-0.05, 0) is 44.4 Å². The van der Waals surface area contributed by atoms with Crippen molar-refractivity contribution in [3.05, 3.63) is 83.3 Å². The SMILES string of the molecule is Cc1cc2nc(C)c(CCC(=O)Nc3ccccc3-c3ccccc3)c(C)n2n1. The summed E-state index contributed by atoms with van der Waals surface area (Å²) in [6.07, 6.45) is 1.01. The van der Waals surface area contributed by atoms with Gasteiger partial charge in [-0.3, -0.25) is 4.79 Å². The van der Waals surface area contributed by atoms with E-state index in [1.54, 1.807) is 0 Å². The number of hydrogen-bond donors (Lipinski definition) is 1. The van der Waals surface area contributed by atoms with E-state index in [0.29, 0.717) is 12.8 Å². The zero-order chi connectivity index (χ0) is 20.4. The third-order valence-electron chi connectivity index (χ3n) is 5.17. The molecule has 0 unspecified atom stereocenters. The van der Waals surface area contributed by atoms with Crippen molar-refractivity contribution in [3.8, 4) is 11.1 Å². The Morgan fingerprint density at radius 1 is 1.00 bits per heavy atom. The van der Waals surface area contributed by atoms with Crippen molar-refractivity contribution < 1.29 is 4.79 Å². The second-order valence-electron chi connectivity index (χ2n) is 7.28. The lowest BCUT2D eigenvalue weighted by atomic mass is 10.0. The van der Waals surface area contributed by atoms with Crippen LogP contribution in [0.3, 0.4) is 0 Å². The Labute approximate surface area is 170 Å². The molecule has 2 aromatic heterocycles. The van der Waals surface area contributed by atoms with Crippen LogP contribution in [0.4, 0.5) is 5.69 Å². The Kier molecular flexibility index (Phi) is 5.12. The van der Waals surface area contributed by atoms with Crippen molar-refractivity contribution in [2.75, 3.05) is 5.32 Å². The number of aromatic nitrogens is 3. The molecule has 0 saturated heterocycles. The molecule has 2 aromatic carbocycles. The van der Waals surface area contributed by atoms with E-state index in [1.165, 1.54) is 0 Å². The molecule has 5 nitrogen and oxygen atoms in total. The summed E-state index contributed by atoms with van der Waals surface area (Å²) in [5.41, 5.74) is 7.78. The molecule has 0 fully saturated rings. The van der Waals surface area contributed by atoms with Gasteiger partial charge in [0.1, 0.15) is 0 Å². The number of benzene rings is 2. The Bertz CT molecular complexity index is 1180. The van der Waals surface area contributed by atoms with Gasteiger partial charge >= 0.3 is 0 Å². The van der Waals surface area contributed by atoms with Gasteiger partial charge in [0.05, 0.1) is 5.69 Å². The van der Waals surface area contributed by atoms with Gasteiger partial charge in [-0.15, -0.1) is 0 Å². The Morgan fingerprint density at radius 3 is 2.52 bits per heavy atom. The highest BCUT2D eigenvalue weighted by Crippen LogP contribution is 2.27. The van der Waals surface area contributed by atoms with Crippen molar-refractivity contribution >= 4 is 17.2 Å². The minimum absolute atomic E-state index is 0.0103. The van der Waals surface area contributed by atoms with Crippen molar-refractivity contribution in [1.82, 2.24) is 14.6 Å². The number of rotatable bonds is 5. The number of aryl methyl sites for hydroxylation is 3. The van der Waals surface area contributed by atoms with Crippen LogP contribution in [0.15, 0.2) is 60.7 Å². The van der Waals surface area contributed by atoms with E-state index >= 15 is 0 Å². The third kappa shape index (κ3) is 3.90. The van der Waals surface area contributed by atoms with Crippen molar-refractivity contribution in [2.45, 2.75) is 33.6 Å². The number of para-hydroxylation sites is 1. The largest absolute Gasteiger partial charge is 0.326 e. The number of amides is 1. The summed E-state index contributed by atoms with van der Waals surface area (Å²) in [4.78, 5) is 17.3. The molecule has 146 valence electrons. The maximum absolute atomic E-state index is 12.7. The molecule has 4 rings (SSSR count). The van der Waals surface area contributed by atoms with Crippen LogP contribution in [0.25, 0.3) is 16.8 Å². The minimum atomic E-state index is -0.0103. The first-order chi connectivity index (χ1) is 14.0. The van der Waals surface area contributed by atoms with E-state index in [1.807, 2.05) is 86.0 Å². The second-order valence-corrected chi connectivity index (χ2v) is 7.28. The van der Waals surface area contributed by atoms with Gasteiger partial charge in [0.25, 0.3) is 0 Å². The van der Waals surface area contributed by atoms with Crippen LogP contribution in [-0.4, -0.2) is 20.5 Å². The first-order valence-corrected chi connectivity index (χ1v) is 9.79. The highest BCUT2D eigenvalue weighted by Gasteiger charge is 2.14. The average Bonchev–Trinajstić information content (AvgIpc) is 3.09. The Balaban J connectivity index is 1.52. The summed E-state index contributed by atoms with van der Waals surface area (Å²) in [6, 6.07) is 19.9. The van der Waals surface area contributed by atoms with Crippen LogP contribution in [0.1, 0.15) is 29.1 Å². The van der Waals surface area contributed by atoms with E-state index in [-0.39, 0.29) is 5.91 Å². The molecule has 1 N–H and O–H groups in total. The zero-order valence-corrected chi connectivity index (χ0v) is 16.9. The maximum Gasteiger partial charge on any atom is 0.224 e. The molecule has 0 spiro atoms. The van der Waals surface area contributed by atoms with Gasteiger partial charge in [0, 0.05) is 35.1 Å². The number of anilines is 1. The first-order valence-electron chi connectivity index (χ1n) is 9.79. The molecule has 0 bridgehead atoms. The summed E-state index contributed by atoms with van der Waals surface area (Å²) >= 11 is 0. The van der Waals surface area contributed by atoms with Gasteiger partial charge in [-0.1, -0.05) is 48.5 Å². The smallest absolute Gasteiger partial charge is 0.224 e. The van der Waals surface area contributed by atoms with Gasteiger partial charge < -0.3 is 5.32 Å². The molecule has 0 aliphatic rings. The number of hydrogen-bond acceptors (Lipinski definition) is 3. The molecule has 1 amide bonds. The van der Waals surface area contributed by atoms with Gasteiger partial charge in [-0.2, -0.15) is 5.10 Å². The summed E-state index contributed by atoms with van der Waals surface area (Å²) in [7, 11) is 0. The van der Waals surface area contributed by atoms with Crippen LogP contribution in [-0.2, 0) is 11.2 Å². The Hall–Kier alpha value is -3.47. The summed E-state index contributed by atoms with van der Waals surface area (Å²) in [5.74, 6) is -0.0103. The fourth-order valence-corrected chi connectivity index (χ4v) is 3.72. The van der Waals surface area contributed by atoms with Gasteiger partial charge in [0.2, 0.25) is 5.91 Å². The lowest BCUT2D eigenvalue weighted by Gasteiger charge is -2.13. The standard InChI is InChI=1S/C24H24N4O/c1-16-15-23-25-17(2)20(18(3)28(23)27-16)13-14-24(29)26-22-12-8-7-11-21(22)19-9-5-4-6-10-19/h4-12,15H,13-14H2,1-3H3,(H,26,29). The molecule has 29 heavy (non-hydrogen) atoms. The highest BCUT2D eigenvalue weighted by atomic mass is 16.1. The number of carbonyl (C=O) groups excluding carboxylic acids is 1. The quantitative estimate of drug-likeness (QED) is 0.533. The number of nitrogens with zero attached hydrogens (tertiary/aromatic N) is 3. The summed E-state index contributed by atoms with van der Waals surface area (Å²) in [6.45, 7) is 5.99. The summed E-state index contributed by atoms with van der Waals surface area (Å²) in [5, 5.41) is 7.59. The fraction of sp³-hybridized carbons (Fsp3) is 0.208. The monoisotopic (exact) mass is 384 g/mol. The molecule has 0 atom stereocenters. The van der Waals surface area contributed by atoms with Crippen molar-refractivity contribution in [2.24, 2.45) is 0 Å². The molecule has 2 heterocycles. The third-order valence-corrected chi connectivity index (χ3v) is 5.17. The molecule has 0 saturated carbocycles. The van der Waals surface area contributed by atoms with Crippen molar-refractivity contribution in [3.63, 3.8) is 0 Å². The van der Waals surface area contributed by atoms with Gasteiger partial charge in [-0.25, -0.2) is 9.50 Å². The van der Waals surface area contributed by atoms with Gasteiger partial charge in [0.15, 0.2) is 5.65 Å². The number of fused-ring (bicyclic) bond motifs is 1. The lowest BCUT2D eigenvalue weighted by Crippen LogP contribution is -2.15. The highest BCUT2D eigenvalue weighted by molar-refractivity contribution is 5.95. The molecule has 0 aliphatic heterocycles. The zero-order valence-electron chi connectivity index (χ0n) is 16.9.